The largest absolute Gasteiger partial charge is 0.508 e. The molecule has 2 aromatic carbocycles. The third kappa shape index (κ3) is 2.33. The number of nitrogens with two attached hydrogens (primary N) is 1. The fourth-order valence-corrected chi connectivity index (χ4v) is 2.05. The van der Waals surface area contributed by atoms with Gasteiger partial charge in [0.1, 0.15) is 18.1 Å². The van der Waals surface area contributed by atoms with Gasteiger partial charge in [-0.25, -0.2) is 0 Å². The number of hydrogen-bond donors (Lipinski definition) is 3. The van der Waals surface area contributed by atoms with Crippen LogP contribution in [0.25, 0.3) is 10.9 Å². The number of aromatic hydroxyl groups is 1. The lowest BCUT2D eigenvalue weighted by atomic mass is 10.2. The highest BCUT2D eigenvalue weighted by Gasteiger charge is 2.04. The lowest BCUT2D eigenvalue weighted by Gasteiger charge is -2.04. The molecule has 4 nitrogen and oxygen atoms in total. The number of ether oxygens (including phenoxy) is 1. The maximum Gasteiger partial charge on any atom is 0.128 e. The molecule has 96 valence electrons. The van der Waals surface area contributed by atoms with E-state index in [1.165, 1.54) is 0 Å². The van der Waals surface area contributed by atoms with E-state index in [9.17, 15) is 5.11 Å². The number of aromatic amines is 1. The number of benzene rings is 2. The van der Waals surface area contributed by atoms with Gasteiger partial charge in [-0.1, -0.05) is 12.1 Å². The van der Waals surface area contributed by atoms with Gasteiger partial charge < -0.3 is 20.6 Å². The van der Waals surface area contributed by atoms with Gasteiger partial charge in [-0.05, 0) is 30.3 Å². The van der Waals surface area contributed by atoms with Crippen LogP contribution < -0.4 is 10.5 Å². The van der Waals surface area contributed by atoms with Crippen molar-refractivity contribution in [2.75, 3.05) is 5.73 Å². The van der Waals surface area contributed by atoms with Crippen molar-refractivity contribution in [3.63, 3.8) is 0 Å². The lowest BCUT2D eigenvalue weighted by molar-refractivity contribution is 0.300. The molecule has 3 aromatic rings. The van der Waals surface area contributed by atoms with Crippen LogP contribution in [0.15, 0.2) is 48.5 Å². The molecule has 0 fully saturated rings. The Hall–Kier alpha value is -2.62. The van der Waals surface area contributed by atoms with E-state index in [2.05, 4.69) is 4.98 Å². The number of phenolic OH excluding ortho intramolecular Hbond substituents is 1. The van der Waals surface area contributed by atoms with Crippen LogP contribution in [0.3, 0.4) is 0 Å². The monoisotopic (exact) mass is 254 g/mol. The molecule has 0 bridgehead atoms. The Labute approximate surface area is 110 Å². The van der Waals surface area contributed by atoms with Crippen LogP contribution in [-0.2, 0) is 6.61 Å². The van der Waals surface area contributed by atoms with Gasteiger partial charge >= 0.3 is 0 Å². The van der Waals surface area contributed by atoms with Gasteiger partial charge in [0.2, 0.25) is 0 Å². The molecule has 1 heterocycles. The Morgan fingerprint density at radius 2 is 1.95 bits per heavy atom. The van der Waals surface area contributed by atoms with Crippen LogP contribution in [0.4, 0.5) is 5.69 Å². The lowest BCUT2D eigenvalue weighted by Crippen LogP contribution is -1.94. The first-order chi connectivity index (χ1) is 9.22. The van der Waals surface area contributed by atoms with Crippen molar-refractivity contribution in [2.45, 2.75) is 6.61 Å². The van der Waals surface area contributed by atoms with E-state index < -0.39 is 0 Å². The summed E-state index contributed by atoms with van der Waals surface area (Å²) >= 11 is 0. The number of aromatic nitrogens is 1. The minimum absolute atomic E-state index is 0.193. The molecular formula is C15H14N2O2. The number of H-pyrrole nitrogens is 1. The third-order valence-corrected chi connectivity index (χ3v) is 2.97. The Morgan fingerprint density at radius 3 is 2.74 bits per heavy atom. The van der Waals surface area contributed by atoms with Crippen molar-refractivity contribution >= 4 is 16.6 Å². The van der Waals surface area contributed by atoms with Crippen LogP contribution in [-0.4, -0.2) is 10.1 Å². The second-order valence-corrected chi connectivity index (χ2v) is 4.39. The molecule has 0 aliphatic carbocycles. The second kappa shape index (κ2) is 4.57. The molecule has 0 radical (unpaired) electrons. The standard InChI is InChI=1S/C15H14N2O2/c16-14-5-2-6-15-13(14)7-10(17-15)9-19-12-4-1-3-11(18)8-12/h1-8,17-18H,9,16H2. The molecule has 3 rings (SSSR count). The highest BCUT2D eigenvalue weighted by molar-refractivity contribution is 5.91. The van der Waals surface area contributed by atoms with Crippen LogP contribution in [0, 0.1) is 0 Å². The van der Waals surface area contributed by atoms with Crippen LogP contribution >= 0.6 is 0 Å². The molecule has 0 atom stereocenters. The predicted molar refractivity (Wildman–Crippen MR) is 75.1 cm³/mol. The number of fused-ring (bicyclic) bond motifs is 1. The highest BCUT2D eigenvalue weighted by atomic mass is 16.5. The summed E-state index contributed by atoms with van der Waals surface area (Å²) in [5.41, 5.74) is 8.59. The summed E-state index contributed by atoms with van der Waals surface area (Å²) in [4.78, 5) is 3.25. The van der Waals surface area contributed by atoms with Crippen LogP contribution in [0.1, 0.15) is 5.69 Å². The first-order valence-corrected chi connectivity index (χ1v) is 6.00. The zero-order valence-corrected chi connectivity index (χ0v) is 10.3. The molecule has 4 N–H and O–H groups in total. The van der Waals surface area contributed by atoms with Crippen LogP contribution in [0.5, 0.6) is 11.5 Å². The number of phenols is 1. The highest BCUT2D eigenvalue weighted by Crippen LogP contribution is 2.23. The van der Waals surface area contributed by atoms with E-state index >= 15 is 0 Å². The molecule has 4 heteroatoms. The predicted octanol–water partition coefficient (Wildman–Crippen LogP) is 3.03. The topological polar surface area (TPSA) is 71.3 Å². The van der Waals surface area contributed by atoms with Gasteiger partial charge in [0.15, 0.2) is 0 Å². The Balaban J connectivity index is 1.80. The van der Waals surface area contributed by atoms with Crippen molar-refractivity contribution in [1.29, 1.82) is 0 Å². The van der Waals surface area contributed by atoms with E-state index in [1.54, 1.807) is 24.3 Å². The fourth-order valence-electron chi connectivity index (χ4n) is 2.05. The SMILES string of the molecule is Nc1cccc2[nH]c(COc3cccc(O)c3)cc12. The fraction of sp³-hybridized carbons (Fsp3) is 0.0667. The smallest absolute Gasteiger partial charge is 0.128 e. The van der Waals surface area contributed by atoms with Gasteiger partial charge in [0.05, 0.1) is 5.69 Å². The number of rotatable bonds is 3. The molecule has 1 aromatic heterocycles. The van der Waals surface area contributed by atoms with Crippen molar-refractivity contribution in [2.24, 2.45) is 0 Å². The summed E-state index contributed by atoms with van der Waals surface area (Å²) in [5, 5.41) is 10.4. The maximum atomic E-state index is 9.36. The Morgan fingerprint density at radius 1 is 1.11 bits per heavy atom. The average Bonchev–Trinajstić information content (AvgIpc) is 2.81. The van der Waals surface area contributed by atoms with Crippen molar-refractivity contribution in [3.8, 4) is 11.5 Å². The molecular weight excluding hydrogens is 240 g/mol. The van der Waals surface area contributed by atoms with E-state index in [1.807, 2.05) is 24.3 Å². The summed E-state index contributed by atoms with van der Waals surface area (Å²) in [6.07, 6.45) is 0. The first-order valence-electron chi connectivity index (χ1n) is 6.00. The average molecular weight is 254 g/mol. The third-order valence-electron chi connectivity index (χ3n) is 2.97. The second-order valence-electron chi connectivity index (χ2n) is 4.39. The zero-order valence-electron chi connectivity index (χ0n) is 10.3. The summed E-state index contributed by atoms with van der Waals surface area (Å²) in [6, 6.07) is 14.5. The van der Waals surface area contributed by atoms with Gasteiger partial charge in [-0.2, -0.15) is 0 Å². The zero-order chi connectivity index (χ0) is 13.2. The molecule has 0 saturated heterocycles. The normalized spacial score (nSPS) is 10.7. The van der Waals surface area contributed by atoms with Gasteiger partial charge in [-0.3, -0.25) is 0 Å². The molecule has 0 saturated carbocycles. The maximum absolute atomic E-state index is 9.36. The minimum atomic E-state index is 0.193. The molecule has 0 aliphatic heterocycles. The van der Waals surface area contributed by atoms with Crippen molar-refractivity contribution < 1.29 is 9.84 Å². The molecule has 19 heavy (non-hydrogen) atoms. The van der Waals surface area contributed by atoms with Gasteiger partial charge in [0.25, 0.3) is 0 Å². The van der Waals surface area contributed by atoms with Gasteiger partial charge in [-0.15, -0.1) is 0 Å². The minimum Gasteiger partial charge on any atom is -0.508 e. The van der Waals surface area contributed by atoms with Crippen LogP contribution in [0.2, 0.25) is 0 Å². The molecule has 0 spiro atoms. The summed E-state index contributed by atoms with van der Waals surface area (Å²) in [7, 11) is 0. The van der Waals surface area contributed by atoms with E-state index in [4.69, 9.17) is 10.5 Å². The Bertz CT molecular complexity index is 719. The number of anilines is 1. The molecule has 0 amide bonds. The Kier molecular flexibility index (Phi) is 2.76. The summed E-state index contributed by atoms with van der Waals surface area (Å²) < 4.78 is 5.61. The number of hydrogen-bond acceptors (Lipinski definition) is 3. The number of nitrogens with one attached hydrogen (secondary N) is 1. The van der Waals surface area contributed by atoms with Gasteiger partial charge in [0, 0.05) is 22.7 Å². The molecule has 0 aliphatic rings. The summed E-state index contributed by atoms with van der Waals surface area (Å²) in [5.74, 6) is 0.824. The van der Waals surface area contributed by atoms with Crippen molar-refractivity contribution in [3.05, 3.63) is 54.2 Å². The summed E-state index contributed by atoms with van der Waals surface area (Å²) in [6.45, 7) is 0.400. The number of nitrogen functional groups attached to an aromatic ring is 1. The van der Waals surface area contributed by atoms with E-state index in [0.29, 0.717) is 12.4 Å². The van der Waals surface area contributed by atoms with E-state index in [0.717, 1.165) is 22.3 Å². The molecule has 0 unspecified atom stereocenters. The van der Waals surface area contributed by atoms with Crippen molar-refractivity contribution in [1.82, 2.24) is 4.98 Å². The quantitative estimate of drug-likeness (QED) is 0.629. The first kappa shape index (κ1) is 11.5. The van der Waals surface area contributed by atoms with E-state index in [-0.39, 0.29) is 5.75 Å².